The molecule has 0 saturated heterocycles. The zero-order chi connectivity index (χ0) is 26.8. The molecular weight excluding hydrogens is 496 g/mol. The van der Waals surface area contributed by atoms with Crippen molar-refractivity contribution in [2.75, 3.05) is 25.4 Å². The summed E-state index contributed by atoms with van der Waals surface area (Å²) in [6.07, 6.45) is -9.91. The Hall–Kier alpha value is -2.90. The minimum absolute atomic E-state index is 0.00733. The standard InChI is InChI=1S/C22H27F6N5O3/c1-11(2)10-33-7-4-3-5-12(13(6-8-34)21(23,24)25)18-31-32-19(36-18)17-15(29)9-14(22(26,27)28)16(30-17)20(33)35/h9,11-13,34H,3-8,10,29H2,1-2H3. The minimum atomic E-state index is -4.95. The van der Waals surface area contributed by atoms with Gasteiger partial charge in [0.1, 0.15) is 5.69 Å². The summed E-state index contributed by atoms with van der Waals surface area (Å²) in [5.41, 5.74) is 2.58. The third-order valence-electron chi connectivity index (χ3n) is 5.93. The molecule has 2 unspecified atom stereocenters. The van der Waals surface area contributed by atoms with Gasteiger partial charge in [-0.25, -0.2) is 4.98 Å². The highest BCUT2D eigenvalue weighted by Gasteiger charge is 2.46. The summed E-state index contributed by atoms with van der Waals surface area (Å²) in [5.74, 6) is -5.30. The molecule has 0 aliphatic carbocycles. The number of nitrogen functional groups attached to an aromatic ring is 1. The molecule has 14 heteroatoms. The smallest absolute Gasteiger partial charge is 0.418 e. The molecule has 8 nitrogen and oxygen atoms in total. The van der Waals surface area contributed by atoms with Crippen LogP contribution in [0.1, 0.15) is 67.4 Å². The molecule has 1 amide bonds. The lowest BCUT2D eigenvalue weighted by Crippen LogP contribution is -2.37. The fourth-order valence-electron chi connectivity index (χ4n) is 4.32. The van der Waals surface area contributed by atoms with Crippen molar-refractivity contribution in [1.29, 1.82) is 0 Å². The second-order valence-electron chi connectivity index (χ2n) is 9.17. The van der Waals surface area contributed by atoms with Crippen LogP contribution in [0.15, 0.2) is 10.5 Å². The van der Waals surface area contributed by atoms with Crippen molar-refractivity contribution in [3.05, 3.63) is 23.2 Å². The van der Waals surface area contributed by atoms with Crippen LogP contribution in [0.5, 0.6) is 0 Å². The fourth-order valence-corrected chi connectivity index (χ4v) is 4.32. The summed E-state index contributed by atoms with van der Waals surface area (Å²) in [7, 11) is 0. The molecule has 0 spiro atoms. The predicted octanol–water partition coefficient (Wildman–Crippen LogP) is 4.66. The number of carbonyl (C=O) groups is 1. The number of rotatable bonds is 5. The quantitative estimate of drug-likeness (QED) is 0.548. The number of hydrogen-bond donors (Lipinski definition) is 2. The molecule has 0 saturated carbocycles. The van der Waals surface area contributed by atoms with E-state index in [0.717, 1.165) is 0 Å². The lowest BCUT2D eigenvalue weighted by molar-refractivity contribution is -0.187. The van der Waals surface area contributed by atoms with E-state index in [-0.39, 0.29) is 38.3 Å². The number of pyridine rings is 1. The van der Waals surface area contributed by atoms with Crippen molar-refractivity contribution in [1.82, 2.24) is 20.1 Å². The van der Waals surface area contributed by atoms with Crippen LogP contribution in [-0.4, -0.2) is 57.0 Å². The number of nitrogens with two attached hydrogens (primary N) is 1. The van der Waals surface area contributed by atoms with E-state index in [1.807, 2.05) is 0 Å². The molecule has 3 N–H and O–H groups in total. The zero-order valence-corrected chi connectivity index (χ0v) is 19.7. The molecule has 2 aromatic heterocycles. The topological polar surface area (TPSA) is 118 Å². The highest BCUT2D eigenvalue weighted by molar-refractivity contribution is 5.95. The summed E-state index contributed by atoms with van der Waals surface area (Å²) in [5, 5.41) is 16.6. The lowest BCUT2D eigenvalue weighted by atomic mass is 9.85. The summed E-state index contributed by atoms with van der Waals surface area (Å²) < 4.78 is 88.4. The minimum Gasteiger partial charge on any atom is -0.419 e. The van der Waals surface area contributed by atoms with Crippen molar-refractivity contribution in [2.24, 2.45) is 11.8 Å². The van der Waals surface area contributed by atoms with Gasteiger partial charge in [0, 0.05) is 25.6 Å². The maximum atomic E-state index is 13.8. The molecule has 1 aliphatic heterocycles. The summed E-state index contributed by atoms with van der Waals surface area (Å²) in [6.45, 7) is 2.95. The Morgan fingerprint density at radius 2 is 1.86 bits per heavy atom. The number of halogens is 6. The summed E-state index contributed by atoms with van der Waals surface area (Å²) >= 11 is 0. The zero-order valence-electron chi connectivity index (χ0n) is 19.7. The van der Waals surface area contributed by atoms with Crippen LogP contribution in [-0.2, 0) is 6.18 Å². The molecule has 0 fully saturated rings. The number of anilines is 1. The Labute approximate surface area is 202 Å². The first-order chi connectivity index (χ1) is 16.7. The first-order valence-corrected chi connectivity index (χ1v) is 11.4. The average Bonchev–Trinajstić information content (AvgIpc) is 3.24. The molecule has 1 aliphatic rings. The van der Waals surface area contributed by atoms with E-state index >= 15 is 0 Å². The van der Waals surface area contributed by atoms with Crippen LogP contribution in [0.4, 0.5) is 32.0 Å². The van der Waals surface area contributed by atoms with Crippen molar-refractivity contribution in [2.45, 2.75) is 57.8 Å². The highest BCUT2D eigenvalue weighted by atomic mass is 19.4. The predicted molar refractivity (Wildman–Crippen MR) is 116 cm³/mol. The van der Waals surface area contributed by atoms with Gasteiger partial charge in [0.15, 0.2) is 5.69 Å². The molecule has 0 radical (unpaired) electrons. The van der Waals surface area contributed by atoms with Gasteiger partial charge in [0.2, 0.25) is 5.89 Å². The number of fused-ring (bicyclic) bond motifs is 5. The van der Waals surface area contributed by atoms with Gasteiger partial charge in [0.25, 0.3) is 11.8 Å². The Morgan fingerprint density at radius 3 is 2.44 bits per heavy atom. The molecule has 2 aromatic rings. The molecule has 3 rings (SSSR count). The van der Waals surface area contributed by atoms with Crippen LogP contribution < -0.4 is 5.73 Å². The van der Waals surface area contributed by atoms with Gasteiger partial charge in [-0.3, -0.25) is 4.79 Å². The van der Waals surface area contributed by atoms with E-state index < -0.39 is 77.5 Å². The Morgan fingerprint density at radius 1 is 1.17 bits per heavy atom. The van der Waals surface area contributed by atoms with Gasteiger partial charge >= 0.3 is 12.4 Å². The molecule has 2 atom stereocenters. The van der Waals surface area contributed by atoms with E-state index in [4.69, 9.17) is 10.2 Å². The first-order valence-electron chi connectivity index (χ1n) is 11.4. The van der Waals surface area contributed by atoms with E-state index in [1.165, 1.54) is 4.90 Å². The van der Waals surface area contributed by atoms with Crippen LogP contribution in [0.2, 0.25) is 0 Å². The molecule has 0 aromatic carbocycles. The number of hydrogen-bond acceptors (Lipinski definition) is 7. The van der Waals surface area contributed by atoms with Gasteiger partial charge in [0.05, 0.1) is 17.2 Å². The van der Waals surface area contributed by atoms with Crippen molar-refractivity contribution in [3.63, 3.8) is 0 Å². The highest BCUT2D eigenvalue weighted by Crippen LogP contribution is 2.43. The Balaban J connectivity index is 2.20. The normalized spacial score (nSPS) is 18.6. The van der Waals surface area contributed by atoms with Crippen molar-refractivity contribution < 1.29 is 40.7 Å². The summed E-state index contributed by atoms with van der Waals surface area (Å²) in [4.78, 5) is 18.3. The van der Waals surface area contributed by atoms with Crippen LogP contribution >= 0.6 is 0 Å². The largest absolute Gasteiger partial charge is 0.419 e. The number of aliphatic hydroxyl groups is 1. The van der Waals surface area contributed by atoms with Crippen molar-refractivity contribution in [3.8, 4) is 11.6 Å². The van der Waals surface area contributed by atoms with E-state index in [9.17, 15) is 36.2 Å². The Bertz CT molecular complexity index is 1070. The number of alkyl halides is 6. The number of aliphatic hydroxyl groups excluding tert-OH is 1. The first kappa shape index (κ1) is 27.7. The maximum absolute atomic E-state index is 13.8. The maximum Gasteiger partial charge on any atom is 0.418 e. The van der Waals surface area contributed by atoms with Gasteiger partial charge < -0.3 is 20.2 Å². The third-order valence-corrected chi connectivity index (χ3v) is 5.93. The SMILES string of the molecule is CC(C)CN1CCCCC(C(CCO)C(F)(F)F)c2nnc(o2)-c2nc(c(C(F)(F)F)cc2N)C1=O. The van der Waals surface area contributed by atoms with Gasteiger partial charge in [-0.15, -0.1) is 10.2 Å². The van der Waals surface area contributed by atoms with E-state index in [1.54, 1.807) is 13.8 Å². The summed E-state index contributed by atoms with van der Waals surface area (Å²) in [6, 6.07) is 0.536. The number of carbonyl (C=O) groups excluding carboxylic acids is 1. The second kappa shape index (κ2) is 10.6. The second-order valence-corrected chi connectivity index (χ2v) is 9.17. The van der Waals surface area contributed by atoms with Gasteiger partial charge in [-0.05, 0) is 31.2 Å². The molecular formula is C22H27F6N5O3. The average molecular weight is 523 g/mol. The fraction of sp³-hybridized carbons (Fsp3) is 0.636. The molecule has 36 heavy (non-hydrogen) atoms. The van der Waals surface area contributed by atoms with Gasteiger partial charge in [-0.1, -0.05) is 20.3 Å². The van der Waals surface area contributed by atoms with Crippen LogP contribution in [0.25, 0.3) is 11.6 Å². The van der Waals surface area contributed by atoms with E-state index in [2.05, 4.69) is 15.2 Å². The number of nitrogens with zero attached hydrogens (tertiary/aromatic N) is 4. The molecule has 200 valence electrons. The molecule has 3 heterocycles. The molecule has 4 bridgehead atoms. The van der Waals surface area contributed by atoms with Gasteiger partial charge in [-0.2, -0.15) is 26.3 Å². The number of amides is 1. The number of aromatic nitrogens is 3. The van der Waals surface area contributed by atoms with Crippen LogP contribution in [0.3, 0.4) is 0 Å². The van der Waals surface area contributed by atoms with E-state index in [0.29, 0.717) is 6.07 Å². The monoisotopic (exact) mass is 523 g/mol. The lowest BCUT2D eigenvalue weighted by Gasteiger charge is -2.27. The third kappa shape index (κ3) is 6.08. The Kier molecular flexibility index (Phi) is 8.16. The van der Waals surface area contributed by atoms with Crippen molar-refractivity contribution >= 4 is 11.6 Å². The van der Waals surface area contributed by atoms with Crippen LogP contribution in [0, 0.1) is 11.8 Å².